The predicted molar refractivity (Wildman–Crippen MR) is 101 cm³/mol. The van der Waals surface area contributed by atoms with E-state index in [0.717, 1.165) is 25.7 Å². The molecule has 2 bridgehead atoms. The molecule has 3 rings (SSSR count). The highest BCUT2D eigenvalue weighted by Gasteiger charge is 2.68. The molecule has 0 aromatic heterocycles. The minimum atomic E-state index is -0.697. The minimum absolute atomic E-state index is 0.130. The second-order valence-corrected chi connectivity index (χ2v) is 8.70. The summed E-state index contributed by atoms with van der Waals surface area (Å²) in [6.45, 7) is -0.330. The summed E-state index contributed by atoms with van der Waals surface area (Å²) in [6.07, 6.45) is 4.17. The molecule has 0 saturated carbocycles. The third-order valence-corrected chi connectivity index (χ3v) is 8.34. The third kappa shape index (κ3) is 2.42. The van der Waals surface area contributed by atoms with Crippen molar-refractivity contribution in [2.45, 2.75) is 47.1 Å². The summed E-state index contributed by atoms with van der Waals surface area (Å²) in [4.78, 5) is 15.4. The zero-order valence-electron chi connectivity index (χ0n) is 14.3. The van der Waals surface area contributed by atoms with Gasteiger partial charge in [0.1, 0.15) is 3.42 Å². The largest absolute Gasteiger partial charge is 0.468 e. The lowest BCUT2D eigenvalue weighted by Gasteiger charge is -2.56. The van der Waals surface area contributed by atoms with E-state index >= 15 is 0 Å². The highest BCUT2D eigenvalue weighted by atomic mass is 127. The Bertz CT molecular complexity index is 598. The van der Waals surface area contributed by atoms with Gasteiger partial charge in [0.15, 0.2) is 0 Å². The molecular weight excluding hydrogens is 420 g/mol. The lowest BCUT2D eigenvalue weighted by atomic mass is 9.66. The number of hydrogen-bond donors (Lipinski definition) is 0. The fraction of sp³-hybridized carbons (Fsp3) is 0.632. The number of halogens is 2. The summed E-state index contributed by atoms with van der Waals surface area (Å²) in [6, 6.07) is 10.8. The first-order valence-corrected chi connectivity index (χ1v) is 9.72. The van der Waals surface area contributed by atoms with Crippen LogP contribution in [0.2, 0.25) is 0 Å². The van der Waals surface area contributed by atoms with Crippen LogP contribution in [0.15, 0.2) is 30.3 Å². The molecule has 24 heavy (non-hydrogen) atoms. The van der Waals surface area contributed by atoms with E-state index in [0.29, 0.717) is 12.5 Å². The van der Waals surface area contributed by atoms with Gasteiger partial charge in [0.25, 0.3) is 0 Å². The second kappa shape index (κ2) is 6.90. The van der Waals surface area contributed by atoms with Gasteiger partial charge in [-0.3, -0.25) is 14.1 Å². The van der Waals surface area contributed by atoms with Crippen LogP contribution in [-0.4, -0.2) is 41.2 Å². The number of ether oxygens (including phenoxy) is 1. The number of piperidine rings is 1. The molecule has 0 radical (unpaired) electrons. The normalized spacial score (nSPS) is 35.8. The Morgan fingerprint density at radius 1 is 1.42 bits per heavy atom. The summed E-state index contributed by atoms with van der Waals surface area (Å²) in [5.41, 5.74) is 0.783. The van der Waals surface area contributed by atoms with Crippen LogP contribution in [0.5, 0.6) is 0 Å². The summed E-state index contributed by atoms with van der Waals surface area (Å²) < 4.78 is 17.4. The van der Waals surface area contributed by atoms with Gasteiger partial charge in [-0.05, 0) is 50.6 Å². The van der Waals surface area contributed by atoms with E-state index in [4.69, 9.17) is 4.74 Å². The lowest BCUT2D eigenvalue weighted by molar-refractivity contribution is -0.153. The van der Waals surface area contributed by atoms with Crippen molar-refractivity contribution >= 4 is 28.6 Å². The van der Waals surface area contributed by atoms with Crippen molar-refractivity contribution in [2.24, 2.45) is 5.92 Å². The predicted octanol–water partition coefficient (Wildman–Crippen LogP) is 4.09. The Morgan fingerprint density at radius 2 is 2.12 bits per heavy atom. The van der Waals surface area contributed by atoms with E-state index in [1.54, 1.807) is 0 Å². The molecule has 132 valence electrons. The van der Waals surface area contributed by atoms with Gasteiger partial charge in [-0.15, -0.1) is 0 Å². The van der Waals surface area contributed by atoms with Gasteiger partial charge in [-0.25, -0.2) is 0 Å². The Labute approximate surface area is 157 Å². The number of nitrogens with zero attached hydrogens (tertiary/aromatic N) is 1. The molecule has 2 aliphatic rings. The smallest absolute Gasteiger partial charge is 0.324 e. The first kappa shape index (κ1) is 18.1. The van der Waals surface area contributed by atoms with E-state index in [-0.39, 0.29) is 24.1 Å². The Kier molecular flexibility index (Phi) is 5.21. The topological polar surface area (TPSA) is 29.5 Å². The molecule has 0 aliphatic carbocycles. The van der Waals surface area contributed by atoms with Crippen LogP contribution in [0.25, 0.3) is 0 Å². The van der Waals surface area contributed by atoms with Gasteiger partial charge >= 0.3 is 5.97 Å². The molecule has 2 saturated heterocycles. The number of fused-ring (bicyclic) bond motifs is 2. The van der Waals surface area contributed by atoms with Crippen LogP contribution in [0.4, 0.5) is 4.39 Å². The number of alkyl halides is 2. The zero-order valence-corrected chi connectivity index (χ0v) is 16.5. The van der Waals surface area contributed by atoms with Crippen molar-refractivity contribution < 1.29 is 13.9 Å². The van der Waals surface area contributed by atoms with Crippen LogP contribution in [0, 0.1) is 5.92 Å². The van der Waals surface area contributed by atoms with E-state index < -0.39 is 3.42 Å². The quantitative estimate of drug-likeness (QED) is 0.389. The fourth-order valence-electron chi connectivity index (χ4n) is 5.00. The van der Waals surface area contributed by atoms with Gasteiger partial charge in [-0.2, -0.15) is 0 Å². The van der Waals surface area contributed by atoms with Crippen LogP contribution >= 0.6 is 22.6 Å². The molecular formula is C19H25FINO2. The molecule has 2 fully saturated rings. The van der Waals surface area contributed by atoms with Crippen molar-refractivity contribution in [3.05, 3.63) is 35.9 Å². The van der Waals surface area contributed by atoms with Crippen LogP contribution < -0.4 is 0 Å². The van der Waals surface area contributed by atoms with E-state index in [1.165, 1.54) is 12.7 Å². The standard InChI is InChI=1S/C19H25FINO2/c1-22-16-10-11-18(22,14-7-4-3-5-8-14)19(21,17(23)24-2)15(13-16)9-6-12-20/h3-5,7-8,15-16H,6,9-13H2,1-2H3/t15?,16-,18-,19?/m0/s1. The molecule has 0 spiro atoms. The van der Waals surface area contributed by atoms with E-state index in [1.807, 2.05) is 18.2 Å². The van der Waals surface area contributed by atoms with E-state index in [2.05, 4.69) is 46.7 Å². The van der Waals surface area contributed by atoms with Crippen LogP contribution in [-0.2, 0) is 15.1 Å². The molecule has 1 aromatic carbocycles. The molecule has 1 aromatic rings. The Hall–Kier alpha value is -0.690. The van der Waals surface area contributed by atoms with E-state index in [9.17, 15) is 9.18 Å². The van der Waals surface area contributed by atoms with Crippen LogP contribution in [0.3, 0.4) is 0 Å². The molecule has 4 atom stereocenters. The molecule has 2 unspecified atom stereocenters. The van der Waals surface area contributed by atoms with Gasteiger partial charge in [0, 0.05) is 6.04 Å². The maximum absolute atomic E-state index is 13.0. The number of hydrogen-bond acceptors (Lipinski definition) is 3. The average Bonchev–Trinajstić information content (AvgIpc) is 2.87. The third-order valence-electron chi connectivity index (χ3n) is 6.13. The van der Waals surface area contributed by atoms with Crippen LogP contribution in [0.1, 0.15) is 37.7 Å². The Balaban J connectivity index is 2.15. The molecule has 0 amide bonds. The maximum atomic E-state index is 13.0. The monoisotopic (exact) mass is 445 g/mol. The first-order valence-electron chi connectivity index (χ1n) is 8.64. The summed E-state index contributed by atoms with van der Waals surface area (Å²) in [7, 11) is 3.60. The number of esters is 1. The molecule has 3 nitrogen and oxygen atoms in total. The number of benzene rings is 1. The molecule has 2 aliphatic heterocycles. The lowest BCUT2D eigenvalue weighted by Crippen LogP contribution is -2.66. The molecule has 0 N–H and O–H groups in total. The van der Waals surface area contributed by atoms with Crippen molar-refractivity contribution in [1.29, 1.82) is 0 Å². The highest BCUT2D eigenvalue weighted by molar-refractivity contribution is 14.1. The fourth-order valence-corrected chi connectivity index (χ4v) is 6.74. The second-order valence-electron chi connectivity index (χ2n) is 7.00. The summed E-state index contributed by atoms with van der Waals surface area (Å²) in [5, 5.41) is 0. The zero-order chi connectivity index (χ0) is 17.4. The molecule has 5 heteroatoms. The van der Waals surface area contributed by atoms with Crippen molar-refractivity contribution in [3.63, 3.8) is 0 Å². The maximum Gasteiger partial charge on any atom is 0.324 e. The molecule has 2 heterocycles. The Morgan fingerprint density at radius 3 is 2.75 bits per heavy atom. The number of carbonyl (C=O) groups is 1. The number of methoxy groups -OCH3 is 1. The van der Waals surface area contributed by atoms with Gasteiger partial charge < -0.3 is 4.74 Å². The summed E-state index contributed by atoms with van der Waals surface area (Å²) in [5.74, 6) is -0.0479. The van der Waals surface area contributed by atoms with Crippen molar-refractivity contribution in [3.8, 4) is 0 Å². The van der Waals surface area contributed by atoms with Gasteiger partial charge in [-0.1, -0.05) is 52.9 Å². The van der Waals surface area contributed by atoms with Gasteiger partial charge in [0.05, 0.1) is 19.3 Å². The SMILES string of the molecule is COC(=O)C1(I)C(CCCF)C[C@@H]2CC[C@@]1(c1ccccc1)N2C. The van der Waals surface area contributed by atoms with Gasteiger partial charge in [0.2, 0.25) is 0 Å². The average molecular weight is 445 g/mol. The highest BCUT2D eigenvalue weighted by Crippen LogP contribution is 2.62. The van der Waals surface area contributed by atoms with Crippen molar-refractivity contribution in [1.82, 2.24) is 4.90 Å². The summed E-state index contributed by atoms with van der Waals surface area (Å²) >= 11 is 2.34. The number of rotatable bonds is 5. The minimum Gasteiger partial charge on any atom is -0.468 e. The van der Waals surface area contributed by atoms with Crippen molar-refractivity contribution in [2.75, 3.05) is 20.8 Å². The number of carbonyl (C=O) groups excluding carboxylic acids is 1. The first-order chi connectivity index (χ1) is 11.5.